The van der Waals surface area contributed by atoms with Crippen molar-refractivity contribution in [2.75, 3.05) is 13.2 Å². The Morgan fingerprint density at radius 2 is 1.97 bits per heavy atom. The Balaban J connectivity index is 1.63. The van der Waals surface area contributed by atoms with Crippen molar-refractivity contribution in [2.45, 2.75) is 12.6 Å². The minimum Gasteiger partial charge on any atom is -0.395 e. The van der Waals surface area contributed by atoms with Crippen LogP contribution in [0.1, 0.15) is 26.4 Å². The lowest BCUT2D eigenvalue weighted by Gasteiger charge is -2.08. The molecule has 0 radical (unpaired) electrons. The molecule has 0 bridgehead atoms. The summed E-state index contributed by atoms with van der Waals surface area (Å²) in [6, 6.07) is 13.0. The van der Waals surface area contributed by atoms with E-state index in [1.807, 2.05) is 24.3 Å². The largest absolute Gasteiger partial charge is 0.416 e. The molecule has 5 nitrogen and oxygen atoms in total. The van der Waals surface area contributed by atoms with Gasteiger partial charge in [0.05, 0.1) is 34.3 Å². The summed E-state index contributed by atoms with van der Waals surface area (Å²) < 4.78 is 41.5. The van der Waals surface area contributed by atoms with E-state index in [0.29, 0.717) is 17.5 Å². The van der Waals surface area contributed by atoms with Gasteiger partial charge in [-0.3, -0.25) is 4.79 Å². The number of amides is 1. The van der Waals surface area contributed by atoms with Crippen LogP contribution in [0, 0.1) is 0 Å². The molecule has 0 spiro atoms. The topological polar surface area (TPSA) is 67.2 Å². The second-order valence-corrected chi connectivity index (χ2v) is 8.07. The van der Waals surface area contributed by atoms with E-state index in [2.05, 4.69) is 10.4 Å². The first-order valence-corrected chi connectivity index (χ1v) is 10.3. The van der Waals surface area contributed by atoms with E-state index in [-0.39, 0.29) is 19.1 Å². The van der Waals surface area contributed by atoms with Crippen LogP contribution in [-0.4, -0.2) is 33.9 Å². The molecule has 0 aliphatic heterocycles. The highest BCUT2D eigenvalue weighted by molar-refractivity contribution is 7.19. The zero-order valence-corrected chi connectivity index (χ0v) is 17.0. The van der Waals surface area contributed by atoms with Gasteiger partial charge < -0.3 is 10.4 Å². The number of aliphatic hydroxyl groups excluding tert-OH is 1. The van der Waals surface area contributed by atoms with E-state index in [1.165, 1.54) is 29.7 Å². The standard InChI is InChI=1S/C22H18F3N3O2S/c23-22(24,25)17-5-1-3-14(9-17)10-18-11-15-4-2-6-19(20(15)31-18)28-13-16(12-27-28)21(30)26-7-8-29/h1-6,9,11-13,29H,7-8,10H2,(H,26,30). The maximum absolute atomic E-state index is 13.0. The number of fused-ring (bicyclic) bond motifs is 1. The number of carbonyl (C=O) groups excluding carboxylic acids is 1. The number of nitrogens with one attached hydrogen (secondary N) is 1. The summed E-state index contributed by atoms with van der Waals surface area (Å²) >= 11 is 1.48. The Morgan fingerprint density at radius 3 is 2.74 bits per heavy atom. The molecule has 0 saturated heterocycles. The number of aliphatic hydroxyl groups is 1. The van der Waals surface area contributed by atoms with Crippen LogP contribution in [-0.2, 0) is 12.6 Å². The molecule has 2 aromatic carbocycles. The highest BCUT2D eigenvalue weighted by Crippen LogP contribution is 2.34. The Kier molecular flexibility index (Phi) is 5.79. The summed E-state index contributed by atoms with van der Waals surface area (Å²) in [5.41, 5.74) is 1.07. The van der Waals surface area contributed by atoms with Crippen molar-refractivity contribution in [2.24, 2.45) is 0 Å². The van der Waals surface area contributed by atoms with Gasteiger partial charge in [-0.2, -0.15) is 18.3 Å². The normalized spacial score (nSPS) is 11.7. The number of aromatic nitrogens is 2. The van der Waals surface area contributed by atoms with Crippen molar-refractivity contribution < 1.29 is 23.1 Å². The maximum Gasteiger partial charge on any atom is 0.416 e. The first kappa shape index (κ1) is 21.1. The summed E-state index contributed by atoms with van der Waals surface area (Å²) in [5, 5.41) is 16.6. The van der Waals surface area contributed by atoms with Crippen molar-refractivity contribution in [3.05, 3.63) is 82.5 Å². The van der Waals surface area contributed by atoms with Crippen molar-refractivity contribution in [3.8, 4) is 5.69 Å². The zero-order chi connectivity index (χ0) is 22.0. The molecule has 4 aromatic rings. The number of rotatable bonds is 6. The minimum atomic E-state index is -4.37. The Bertz CT molecular complexity index is 1230. The summed E-state index contributed by atoms with van der Waals surface area (Å²) in [6.07, 6.45) is -0.933. The highest BCUT2D eigenvalue weighted by atomic mass is 32.1. The number of hydrogen-bond acceptors (Lipinski definition) is 4. The summed E-state index contributed by atoms with van der Waals surface area (Å²) in [6.45, 7) is 0.00640. The van der Waals surface area contributed by atoms with Gasteiger partial charge in [0, 0.05) is 24.0 Å². The lowest BCUT2D eigenvalue weighted by Crippen LogP contribution is -2.25. The molecule has 0 unspecified atom stereocenters. The summed E-state index contributed by atoms with van der Waals surface area (Å²) in [4.78, 5) is 13.0. The third-order valence-corrected chi connectivity index (χ3v) is 5.87. The van der Waals surface area contributed by atoms with Crippen LogP contribution >= 0.6 is 11.3 Å². The molecule has 2 aromatic heterocycles. The number of halogens is 3. The van der Waals surface area contributed by atoms with Gasteiger partial charge in [-0.05, 0) is 29.1 Å². The molecule has 0 fully saturated rings. The minimum absolute atomic E-state index is 0.150. The average Bonchev–Trinajstić information content (AvgIpc) is 3.38. The second kappa shape index (κ2) is 8.52. The van der Waals surface area contributed by atoms with Crippen molar-refractivity contribution in [1.82, 2.24) is 15.1 Å². The molecule has 9 heteroatoms. The van der Waals surface area contributed by atoms with Gasteiger partial charge in [-0.1, -0.05) is 30.3 Å². The third-order valence-electron chi connectivity index (χ3n) is 4.70. The van der Waals surface area contributed by atoms with E-state index in [1.54, 1.807) is 16.9 Å². The lowest BCUT2D eigenvalue weighted by atomic mass is 10.1. The predicted molar refractivity (Wildman–Crippen MR) is 113 cm³/mol. The summed E-state index contributed by atoms with van der Waals surface area (Å²) in [7, 11) is 0. The van der Waals surface area contributed by atoms with E-state index < -0.39 is 11.7 Å². The first-order valence-electron chi connectivity index (χ1n) is 9.47. The summed E-state index contributed by atoms with van der Waals surface area (Å²) in [5.74, 6) is -0.330. The fraction of sp³-hybridized carbons (Fsp3) is 0.182. The molecule has 31 heavy (non-hydrogen) atoms. The number of nitrogens with zero attached hydrogens (tertiary/aromatic N) is 2. The van der Waals surface area contributed by atoms with E-state index >= 15 is 0 Å². The van der Waals surface area contributed by atoms with E-state index in [0.717, 1.165) is 26.7 Å². The van der Waals surface area contributed by atoms with E-state index in [4.69, 9.17) is 5.11 Å². The van der Waals surface area contributed by atoms with Gasteiger partial charge >= 0.3 is 6.18 Å². The number of thiophene rings is 1. The maximum atomic E-state index is 13.0. The molecular weight excluding hydrogens is 427 g/mol. The van der Waals surface area contributed by atoms with E-state index in [9.17, 15) is 18.0 Å². The van der Waals surface area contributed by atoms with Crippen molar-refractivity contribution >= 4 is 27.3 Å². The first-order chi connectivity index (χ1) is 14.8. The van der Waals surface area contributed by atoms with Gasteiger partial charge in [-0.25, -0.2) is 4.68 Å². The Morgan fingerprint density at radius 1 is 1.16 bits per heavy atom. The monoisotopic (exact) mass is 445 g/mol. The second-order valence-electron chi connectivity index (χ2n) is 6.94. The Labute approximate surface area is 179 Å². The molecule has 0 aliphatic carbocycles. The SMILES string of the molecule is O=C(NCCO)c1cnn(-c2cccc3cc(Cc4cccc(C(F)(F)F)c4)sc23)c1. The predicted octanol–water partition coefficient (Wildman–Crippen LogP) is 4.42. The molecule has 0 atom stereocenters. The molecule has 4 rings (SSSR count). The van der Waals surface area contributed by atoms with Gasteiger partial charge in [0.25, 0.3) is 5.91 Å². The average molecular weight is 445 g/mol. The van der Waals surface area contributed by atoms with Crippen LogP contribution in [0.5, 0.6) is 0 Å². The van der Waals surface area contributed by atoms with Crippen LogP contribution in [0.3, 0.4) is 0 Å². The quantitative estimate of drug-likeness (QED) is 0.462. The smallest absolute Gasteiger partial charge is 0.395 e. The molecule has 160 valence electrons. The van der Waals surface area contributed by atoms with Gasteiger partial charge in [0.2, 0.25) is 0 Å². The molecular formula is C22H18F3N3O2S. The van der Waals surface area contributed by atoms with Crippen LogP contribution in [0.4, 0.5) is 13.2 Å². The molecule has 0 aliphatic rings. The lowest BCUT2D eigenvalue weighted by molar-refractivity contribution is -0.137. The molecule has 2 heterocycles. The van der Waals surface area contributed by atoms with Gasteiger partial charge in [0.15, 0.2) is 0 Å². The molecule has 2 N–H and O–H groups in total. The number of alkyl halides is 3. The van der Waals surface area contributed by atoms with Crippen molar-refractivity contribution in [3.63, 3.8) is 0 Å². The molecule has 0 saturated carbocycles. The number of hydrogen-bond donors (Lipinski definition) is 2. The fourth-order valence-electron chi connectivity index (χ4n) is 3.27. The van der Waals surface area contributed by atoms with Crippen LogP contribution in [0.2, 0.25) is 0 Å². The van der Waals surface area contributed by atoms with Crippen LogP contribution in [0.15, 0.2) is 60.9 Å². The highest BCUT2D eigenvalue weighted by Gasteiger charge is 2.30. The van der Waals surface area contributed by atoms with Crippen LogP contribution in [0.25, 0.3) is 15.8 Å². The van der Waals surface area contributed by atoms with Gasteiger partial charge in [0.1, 0.15) is 0 Å². The fourth-order valence-corrected chi connectivity index (χ4v) is 4.47. The van der Waals surface area contributed by atoms with Crippen LogP contribution < -0.4 is 5.32 Å². The van der Waals surface area contributed by atoms with Gasteiger partial charge in [-0.15, -0.1) is 11.3 Å². The number of carbonyl (C=O) groups is 1. The Hall–Kier alpha value is -3.17. The number of benzene rings is 2. The zero-order valence-electron chi connectivity index (χ0n) is 16.2. The third kappa shape index (κ3) is 4.62. The molecule has 1 amide bonds. The van der Waals surface area contributed by atoms with Crippen molar-refractivity contribution in [1.29, 1.82) is 0 Å².